The maximum Gasteiger partial charge on any atom is 0.319 e. The van der Waals surface area contributed by atoms with Crippen LogP contribution in [0.4, 0.5) is 10.5 Å². The molecule has 0 radical (unpaired) electrons. The number of hydrogen-bond donors (Lipinski definition) is 2. The molecule has 0 aliphatic rings. The fourth-order valence-corrected chi connectivity index (χ4v) is 2.13. The van der Waals surface area contributed by atoms with Crippen molar-refractivity contribution in [2.45, 2.75) is 18.5 Å². The number of aromatic nitrogens is 2. The van der Waals surface area contributed by atoms with Crippen LogP contribution in [0.1, 0.15) is 12.5 Å². The molecule has 2 aromatic rings. The van der Waals surface area contributed by atoms with Crippen LogP contribution in [-0.2, 0) is 6.54 Å². The Kier molecular flexibility index (Phi) is 5.37. The SMILES string of the molecule is CCSc1ccc(NC(=O)NCc2ccncc2)cn1. The molecule has 0 fully saturated rings. The summed E-state index contributed by atoms with van der Waals surface area (Å²) in [6, 6.07) is 7.21. The van der Waals surface area contributed by atoms with Gasteiger partial charge in [-0.15, -0.1) is 11.8 Å². The van der Waals surface area contributed by atoms with Crippen molar-refractivity contribution in [3.63, 3.8) is 0 Å². The molecule has 0 unspecified atom stereocenters. The summed E-state index contributed by atoms with van der Waals surface area (Å²) in [5.41, 5.74) is 1.68. The topological polar surface area (TPSA) is 66.9 Å². The summed E-state index contributed by atoms with van der Waals surface area (Å²) in [6.07, 6.45) is 5.05. The Labute approximate surface area is 122 Å². The second-order valence-corrected chi connectivity index (χ2v) is 5.27. The quantitative estimate of drug-likeness (QED) is 0.830. The van der Waals surface area contributed by atoms with Gasteiger partial charge in [-0.25, -0.2) is 9.78 Å². The van der Waals surface area contributed by atoms with Gasteiger partial charge in [0, 0.05) is 18.9 Å². The number of urea groups is 1. The highest BCUT2D eigenvalue weighted by Crippen LogP contribution is 2.16. The van der Waals surface area contributed by atoms with Gasteiger partial charge in [0.2, 0.25) is 0 Å². The van der Waals surface area contributed by atoms with Gasteiger partial charge in [-0.1, -0.05) is 6.92 Å². The molecule has 104 valence electrons. The average molecular weight is 288 g/mol. The molecular weight excluding hydrogens is 272 g/mol. The van der Waals surface area contributed by atoms with E-state index in [0.29, 0.717) is 12.2 Å². The van der Waals surface area contributed by atoms with Crippen molar-refractivity contribution in [2.24, 2.45) is 0 Å². The first-order chi connectivity index (χ1) is 9.78. The number of carbonyl (C=O) groups excluding carboxylic acids is 1. The average Bonchev–Trinajstić information content (AvgIpc) is 2.49. The monoisotopic (exact) mass is 288 g/mol. The summed E-state index contributed by atoms with van der Waals surface area (Å²) in [6.45, 7) is 2.54. The number of nitrogens with one attached hydrogen (secondary N) is 2. The Morgan fingerprint density at radius 1 is 1.25 bits per heavy atom. The number of rotatable bonds is 5. The Balaban J connectivity index is 1.82. The Hall–Kier alpha value is -2.08. The van der Waals surface area contributed by atoms with Gasteiger partial charge in [0.25, 0.3) is 0 Å². The fourth-order valence-electron chi connectivity index (χ4n) is 1.55. The van der Waals surface area contributed by atoms with Gasteiger partial charge in [-0.05, 0) is 35.6 Å². The molecule has 2 amide bonds. The summed E-state index contributed by atoms with van der Waals surface area (Å²) in [4.78, 5) is 19.9. The molecule has 2 N–H and O–H groups in total. The zero-order valence-electron chi connectivity index (χ0n) is 11.2. The minimum atomic E-state index is -0.250. The van der Waals surface area contributed by atoms with E-state index in [1.165, 1.54) is 0 Å². The van der Waals surface area contributed by atoms with E-state index in [9.17, 15) is 4.79 Å². The molecular formula is C14H16N4OS. The van der Waals surface area contributed by atoms with Crippen LogP contribution in [0.3, 0.4) is 0 Å². The molecule has 0 atom stereocenters. The summed E-state index contributed by atoms with van der Waals surface area (Å²) >= 11 is 1.67. The lowest BCUT2D eigenvalue weighted by atomic mass is 10.3. The summed E-state index contributed by atoms with van der Waals surface area (Å²) in [7, 11) is 0. The zero-order valence-corrected chi connectivity index (χ0v) is 12.0. The first-order valence-corrected chi connectivity index (χ1v) is 7.29. The standard InChI is InChI=1S/C14H16N4OS/c1-2-20-13-4-3-12(10-16-13)18-14(19)17-9-11-5-7-15-8-6-11/h3-8,10H,2,9H2,1H3,(H2,17,18,19). The lowest BCUT2D eigenvalue weighted by molar-refractivity contribution is 0.251. The van der Waals surface area contributed by atoms with Crippen molar-refractivity contribution in [3.05, 3.63) is 48.4 Å². The van der Waals surface area contributed by atoms with E-state index < -0.39 is 0 Å². The van der Waals surface area contributed by atoms with Gasteiger partial charge in [-0.3, -0.25) is 4.98 Å². The van der Waals surface area contributed by atoms with Gasteiger partial charge in [-0.2, -0.15) is 0 Å². The predicted molar refractivity (Wildman–Crippen MR) is 80.7 cm³/mol. The van der Waals surface area contributed by atoms with E-state index >= 15 is 0 Å². The molecule has 0 bridgehead atoms. The van der Waals surface area contributed by atoms with Gasteiger partial charge < -0.3 is 10.6 Å². The Morgan fingerprint density at radius 3 is 2.70 bits per heavy atom. The van der Waals surface area contributed by atoms with Crippen LogP contribution in [0.2, 0.25) is 0 Å². The number of hydrogen-bond acceptors (Lipinski definition) is 4. The molecule has 20 heavy (non-hydrogen) atoms. The summed E-state index contributed by atoms with van der Waals surface area (Å²) < 4.78 is 0. The van der Waals surface area contributed by atoms with Gasteiger partial charge >= 0.3 is 6.03 Å². The molecule has 0 spiro atoms. The minimum absolute atomic E-state index is 0.250. The number of pyridine rings is 2. The van der Waals surface area contributed by atoms with Crippen LogP contribution < -0.4 is 10.6 Å². The molecule has 2 aromatic heterocycles. The van der Waals surface area contributed by atoms with Gasteiger partial charge in [0.1, 0.15) is 0 Å². The highest BCUT2D eigenvalue weighted by Gasteiger charge is 2.02. The molecule has 0 saturated carbocycles. The molecule has 0 aromatic carbocycles. The predicted octanol–water partition coefficient (Wildman–Crippen LogP) is 2.91. The number of carbonyl (C=O) groups is 1. The lowest BCUT2D eigenvalue weighted by Crippen LogP contribution is -2.28. The van der Waals surface area contributed by atoms with E-state index in [4.69, 9.17) is 0 Å². The molecule has 0 aliphatic carbocycles. The van der Waals surface area contributed by atoms with E-state index in [0.717, 1.165) is 16.3 Å². The Morgan fingerprint density at radius 2 is 2.05 bits per heavy atom. The number of thioether (sulfide) groups is 1. The van der Waals surface area contributed by atoms with Crippen LogP contribution in [0.25, 0.3) is 0 Å². The maximum absolute atomic E-state index is 11.7. The van der Waals surface area contributed by atoms with Crippen molar-refractivity contribution in [2.75, 3.05) is 11.1 Å². The smallest absolute Gasteiger partial charge is 0.319 e. The van der Waals surface area contributed by atoms with Crippen molar-refractivity contribution in [1.82, 2.24) is 15.3 Å². The second-order valence-electron chi connectivity index (χ2n) is 3.98. The van der Waals surface area contributed by atoms with Crippen molar-refractivity contribution in [3.8, 4) is 0 Å². The fraction of sp³-hybridized carbons (Fsp3) is 0.214. The van der Waals surface area contributed by atoms with Crippen LogP contribution in [0.5, 0.6) is 0 Å². The molecule has 5 nitrogen and oxygen atoms in total. The van der Waals surface area contributed by atoms with E-state index in [2.05, 4.69) is 27.5 Å². The lowest BCUT2D eigenvalue weighted by Gasteiger charge is -2.07. The van der Waals surface area contributed by atoms with E-state index in [-0.39, 0.29) is 6.03 Å². The molecule has 6 heteroatoms. The minimum Gasteiger partial charge on any atom is -0.334 e. The number of anilines is 1. The molecule has 2 rings (SSSR count). The van der Waals surface area contributed by atoms with Crippen LogP contribution in [-0.4, -0.2) is 21.8 Å². The second kappa shape index (κ2) is 7.49. The first-order valence-electron chi connectivity index (χ1n) is 6.30. The maximum atomic E-state index is 11.7. The number of amides is 2. The zero-order chi connectivity index (χ0) is 14.2. The highest BCUT2D eigenvalue weighted by molar-refractivity contribution is 7.99. The first kappa shape index (κ1) is 14.3. The van der Waals surface area contributed by atoms with E-state index in [1.54, 1.807) is 30.4 Å². The van der Waals surface area contributed by atoms with Gasteiger partial charge in [0.15, 0.2) is 0 Å². The third-order valence-corrected chi connectivity index (χ3v) is 3.31. The Bertz CT molecular complexity index is 545. The van der Waals surface area contributed by atoms with Gasteiger partial charge in [0.05, 0.1) is 16.9 Å². The molecule has 2 heterocycles. The van der Waals surface area contributed by atoms with Crippen molar-refractivity contribution in [1.29, 1.82) is 0 Å². The van der Waals surface area contributed by atoms with Crippen LogP contribution >= 0.6 is 11.8 Å². The summed E-state index contributed by atoms with van der Waals surface area (Å²) in [5.74, 6) is 0.978. The molecule has 0 saturated heterocycles. The normalized spacial score (nSPS) is 10.1. The molecule has 0 aliphatic heterocycles. The van der Waals surface area contributed by atoms with Crippen molar-refractivity contribution >= 4 is 23.5 Å². The van der Waals surface area contributed by atoms with Crippen LogP contribution in [0.15, 0.2) is 47.9 Å². The van der Waals surface area contributed by atoms with E-state index in [1.807, 2.05) is 24.3 Å². The number of nitrogens with zero attached hydrogens (tertiary/aromatic N) is 2. The summed E-state index contributed by atoms with van der Waals surface area (Å²) in [5, 5.41) is 6.47. The third kappa shape index (κ3) is 4.55. The highest BCUT2D eigenvalue weighted by atomic mass is 32.2. The van der Waals surface area contributed by atoms with Crippen LogP contribution in [0, 0.1) is 0 Å². The largest absolute Gasteiger partial charge is 0.334 e. The van der Waals surface area contributed by atoms with Crippen molar-refractivity contribution < 1.29 is 4.79 Å². The third-order valence-electron chi connectivity index (χ3n) is 2.49.